The van der Waals surface area contributed by atoms with Crippen LogP contribution in [-0.2, 0) is 0 Å². The lowest BCUT2D eigenvalue weighted by Crippen LogP contribution is -2.09. The Kier molecular flexibility index (Phi) is 7.85. The van der Waals surface area contributed by atoms with Crippen LogP contribution in [0.1, 0.15) is 0 Å². The van der Waals surface area contributed by atoms with E-state index in [2.05, 4.69) is 228 Å². The van der Waals surface area contributed by atoms with E-state index in [1.807, 2.05) is 0 Å². The molecule has 8 aromatic carbocycles. The number of hydrogen-bond donors (Lipinski definition) is 0. The smallest absolute Gasteiger partial charge is 0.0547 e. The van der Waals surface area contributed by atoms with Gasteiger partial charge in [0.15, 0.2) is 0 Å². The molecule has 10 rings (SSSR count). The Labute approximate surface area is 315 Å². The molecule has 2 heterocycles. The van der Waals surface area contributed by atoms with Gasteiger partial charge in [0.05, 0.1) is 16.6 Å². The van der Waals surface area contributed by atoms with Gasteiger partial charge in [-0.15, -0.1) is 0 Å². The molecule has 2 heteroatoms. The van der Waals surface area contributed by atoms with Crippen molar-refractivity contribution in [2.45, 2.75) is 0 Å². The van der Waals surface area contributed by atoms with Gasteiger partial charge in [-0.3, -0.25) is 0 Å². The highest BCUT2D eigenvalue weighted by atomic mass is 15.1. The minimum absolute atomic E-state index is 1.10. The van der Waals surface area contributed by atoms with E-state index in [-0.39, 0.29) is 0 Å². The first-order valence-electron chi connectivity index (χ1n) is 18.5. The molecule has 0 unspecified atom stereocenters. The summed E-state index contributed by atoms with van der Waals surface area (Å²) < 4.78 is 2.44. The van der Waals surface area contributed by atoms with Gasteiger partial charge in [-0.2, -0.15) is 0 Å². The lowest BCUT2D eigenvalue weighted by molar-refractivity contribution is 1.28. The third-order valence-electron chi connectivity index (χ3n) is 10.6. The molecular weight excluding hydrogens is 653 g/mol. The zero-order valence-corrected chi connectivity index (χ0v) is 29.7. The largest absolute Gasteiger partial charge is 0.311 e. The van der Waals surface area contributed by atoms with Gasteiger partial charge in [0.2, 0.25) is 0 Å². The van der Waals surface area contributed by atoms with Crippen molar-refractivity contribution in [1.29, 1.82) is 0 Å². The van der Waals surface area contributed by atoms with Gasteiger partial charge in [0.25, 0.3) is 0 Å². The van der Waals surface area contributed by atoms with E-state index in [9.17, 15) is 0 Å². The summed E-state index contributed by atoms with van der Waals surface area (Å²) >= 11 is 0. The maximum absolute atomic E-state index is 2.44. The molecule has 54 heavy (non-hydrogen) atoms. The van der Waals surface area contributed by atoms with Gasteiger partial charge in [-0.1, -0.05) is 164 Å². The Morgan fingerprint density at radius 3 is 1.28 bits per heavy atom. The molecule has 0 radical (unpaired) electrons. The van der Waals surface area contributed by atoms with E-state index in [0.717, 1.165) is 17.1 Å². The van der Waals surface area contributed by atoms with Gasteiger partial charge >= 0.3 is 0 Å². The summed E-state index contributed by atoms with van der Waals surface area (Å²) in [5.41, 5.74) is 16.6. The van der Waals surface area contributed by atoms with Crippen molar-refractivity contribution in [2.24, 2.45) is 0 Å². The second-order valence-corrected chi connectivity index (χ2v) is 13.8. The summed E-state index contributed by atoms with van der Waals surface area (Å²) in [7, 11) is 0. The van der Waals surface area contributed by atoms with E-state index in [0.29, 0.717) is 0 Å². The third-order valence-corrected chi connectivity index (χ3v) is 10.6. The predicted molar refractivity (Wildman–Crippen MR) is 229 cm³/mol. The number of para-hydroxylation sites is 1. The Morgan fingerprint density at radius 1 is 0.278 bits per heavy atom. The van der Waals surface area contributed by atoms with Gasteiger partial charge in [-0.25, -0.2) is 0 Å². The maximum atomic E-state index is 2.44. The Balaban J connectivity index is 1.11. The average Bonchev–Trinajstić information content (AvgIpc) is 3.61. The topological polar surface area (TPSA) is 7.65 Å². The summed E-state index contributed by atoms with van der Waals surface area (Å²) in [6.45, 7) is 0. The fraction of sp³-hybridized carbons (Fsp3) is 0. The number of nitrogens with zero attached hydrogens (tertiary/aromatic N) is 2. The maximum Gasteiger partial charge on any atom is 0.0547 e. The summed E-state index contributed by atoms with van der Waals surface area (Å²) in [6, 6.07) is 78.8. The van der Waals surface area contributed by atoms with Gasteiger partial charge in [0, 0.05) is 28.0 Å². The first-order valence-corrected chi connectivity index (χ1v) is 18.5. The van der Waals surface area contributed by atoms with E-state index in [1.54, 1.807) is 0 Å². The van der Waals surface area contributed by atoms with Crippen molar-refractivity contribution < 1.29 is 0 Å². The van der Waals surface area contributed by atoms with Crippen LogP contribution in [0, 0.1) is 0 Å². The number of pyridine rings is 1. The molecule has 0 spiro atoms. The van der Waals surface area contributed by atoms with Crippen LogP contribution >= 0.6 is 0 Å². The Hall–Kier alpha value is -7.16. The highest BCUT2D eigenvalue weighted by Crippen LogP contribution is 2.44. The number of rotatable bonds is 7. The number of hydrogen-bond acceptors (Lipinski definition) is 1. The molecule has 2 nitrogen and oxygen atoms in total. The number of aromatic nitrogens is 1. The van der Waals surface area contributed by atoms with E-state index >= 15 is 0 Å². The number of benzene rings is 8. The summed E-state index contributed by atoms with van der Waals surface area (Å²) in [5.74, 6) is 0. The fourth-order valence-corrected chi connectivity index (χ4v) is 8.02. The van der Waals surface area contributed by atoms with E-state index in [4.69, 9.17) is 0 Å². The number of fused-ring (bicyclic) bond motifs is 5. The lowest BCUT2D eigenvalue weighted by Gasteiger charge is -2.26. The molecule has 0 saturated heterocycles. The molecule has 0 aliphatic rings. The average molecular weight is 689 g/mol. The van der Waals surface area contributed by atoms with Crippen LogP contribution in [0.5, 0.6) is 0 Å². The second kappa shape index (κ2) is 13.4. The number of anilines is 3. The lowest BCUT2D eigenvalue weighted by atomic mass is 9.95. The van der Waals surface area contributed by atoms with Gasteiger partial charge < -0.3 is 9.30 Å². The van der Waals surface area contributed by atoms with Crippen LogP contribution in [0.2, 0.25) is 0 Å². The Bertz CT molecular complexity index is 2790. The minimum Gasteiger partial charge on any atom is -0.311 e. The molecule has 0 aliphatic heterocycles. The monoisotopic (exact) mass is 688 g/mol. The van der Waals surface area contributed by atoms with Crippen LogP contribution in [0.15, 0.2) is 218 Å². The quantitative estimate of drug-likeness (QED) is 0.162. The van der Waals surface area contributed by atoms with Crippen LogP contribution in [-0.4, -0.2) is 4.40 Å². The molecule has 0 N–H and O–H groups in total. The molecule has 0 fully saturated rings. The van der Waals surface area contributed by atoms with Crippen LogP contribution in [0.3, 0.4) is 0 Å². The van der Waals surface area contributed by atoms with Gasteiger partial charge in [-0.05, 0) is 98.9 Å². The summed E-state index contributed by atoms with van der Waals surface area (Å²) in [6.07, 6.45) is 0. The zero-order chi connectivity index (χ0) is 35.8. The molecule has 0 amide bonds. The highest BCUT2D eigenvalue weighted by molar-refractivity contribution is 6.14. The summed E-state index contributed by atoms with van der Waals surface area (Å²) in [5, 5.41) is 2.49. The fourth-order valence-electron chi connectivity index (χ4n) is 8.02. The molecule has 0 bridgehead atoms. The molecule has 0 atom stereocenters. The normalized spacial score (nSPS) is 11.3. The van der Waals surface area contributed by atoms with Crippen molar-refractivity contribution in [3.63, 3.8) is 0 Å². The van der Waals surface area contributed by atoms with E-state index in [1.165, 1.54) is 71.8 Å². The second-order valence-electron chi connectivity index (χ2n) is 13.8. The van der Waals surface area contributed by atoms with E-state index < -0.39 is 0 Å². The van der Waals surface area contributed by atoms with Crippen molar-refractivity contribution in [2.75, 3.05) is 4.90 Å². The first kappa shape index (κ1) is 31.6. The SMILES string of the molecule is c1ccc(-c2ccc(N(c3ccc(-c4ccccc4)cc3)c3ccc(-c4cccc5c4c(-c4ccccc4)c4ccc6ccccc6n45)cc3)cc2)cc1. The minimum atomic E-state index is 1.10. The molecule has 2 aromatic heterocycles. The van der Waals surface area contributed by atoms with Crippen LogP contribution in [0.4, 0.5) is 17.1 Å². The van der Waals surface area contributed by atoms with Crippen LogP contribution in [0.25, 0.3) is 71.8 Å². The Morgan fingerprint density at radius 2 is 0.722 bits per heavy atom. The van der Waals surface area contributed by atoms with Crippen molar-refractivity contribution in [1.82, 2.24) is 4.40 Å². The van der Waals surface area contributed by atoms with Crippen molar-refractivity contribution >= 4 is 44.4 Å². The molecule has 0 aliphatic carbocycles. The molecule has 0 saturated carbocycles. The standard InChI is InChI=1S/C52H36N2/c1-4-13-37(14-5-1)39-23-30-44(31-24-39)53(45-32-25-40(26-33-45)38-15-6-2-7-16-38)46-34-27-41(28-35-46)47-20-12-22-49-52(47)51(43-18-8-3-9-19-43)50-36-29-42-17-10-11-21-48(42)54(49)50/h1-36H. The highest BCUT2D eigenvalue weighted by Gasteiger charge is 2.20. The third kappa shape index (κ3) is 5.53. The zero-order valence-electron chi connectivity index (χ0n) is 29.7. The van der Waals surface area contributed by atoms with Gasteiger partial charge in [0.1, 0.15) is 0 Å². The molecular formula is C52H36N2. The first-order chi connectivity index (χ1) is 26.8. The predicted octanol–water partition coefficient (Wildman–Crippen LogP) is 14.4. The summed E-state index contributed by atoms with van der Waals surface area (Å²) in [4.78, 5) is 2.35. The van der Waals surface area contributed by atoms with Crippen molar-refractivity contribution in [3.8, 4) is 44.5 Å². The molecule has 10 aromatic rings. The molecule has 254 valence electrons. The van der Waals surface area contributed by atoms with Crippen LogP contribution < -0.4 is 4.90 Å². The van der Waals surface area contributed by atoms with Crippen molar-refractivity contribution in [3.05, 3.63) is 218 Å².